The lowest BCUT2D eigenvalue weighted by Crippen LogP contribution is -2.51. The first kappa shape index (κ1) is 27.6. The topological polar surface area (TPSA) is 116 Å². The standard InChI is InChI=1S/C34H33N7O3/c1-22-16-23(17-27-20-37-39-32(22)27)18-31(30-19-25(8-13-36-30)24-6-11-35-12-7-24)44-34(43)40-14-9-28(10-15-40)41-21-26-4-2-3-5-29(26)38-33(41)42/h2-8,11-13,16-17,19-20,28,31H,9-10,14-15,18,21H2,1H3,(H,37,39)(H,38,42). The second-order valence-corrected chi connectivity index (χ2v) is 11.5. The highest BCUT2D eigenvalue weighted by Crippen LogP contribution is 2.31. The van der Waals surface area contributed by atoms with Crippen LogP contribution in [0.25, 0.3) is 22.0 Å². The summed E-state index contributed by atoms with van der Waals surface area (Å²) in [5, 5.41) is 11.2. The molecule has 44 heavy (non-hydrogen) atoms. The number of ether oxygens (including phenoxy) is 1. The minimum Gasteiger partial charge on any atom is -0.439 e. The average molecular weight is 588 g/mol. The van der Waals surface area contributed by atoms with Gasteiger partial charge in [0.1, 0.15) is 6.10 Å². The zero-order valence-corrected chi connectivity index (χ0v) is 24.4. The molecule has 3 amide bonds. The Morgan fingerprint density at radius 1 is 1.02 bits per heavy atom. The number of rotatable bonds is 6. The van der Waals surface area contributed by atoms with Gasteiger partial charge in [-0.2, -0.15) is 5.10 Å². The number of H-pyrrole nitrogens is 1. The third-order valence-electron chi connectivity index (χ3n) is 8.62. The highest BCUT2D eigenvalue weighted by atomic mass is 16.6. The summed E-state index contributed by atoms with van der Waals surface area (Å²) >= 11 is 0. The number of likely N-dealkylation sites (tertiary alicyclic amines) is 1. The van der Waals surface area contributed by atoms with Crippen molar-refractivity contribution in [1.29, 1.82) is 0 Å². The predicted octanol–water partition coefficient (Wildman–Crippen LogP) is 6.26. The van der Waals surface area contributed by atoms with Gasteiger partial charge in [-0.05, 0) is 84.0 Å². The van der Waals surface area contributed by atoms with Crippen LogP contribution in [0, 0.1) is 6.92 Å². The first-order valence-corrected chi connectivity index (χ1v) is 14.9. The maximum atomic E-state index is 13.6. The summed E-state index contributed by atoms with van der Waals surface area (Å²) in [7, 11) is 0. The van der Waals surface area contributed by atoms with E-state index in [2.05, 4.69) is 37.6 Å². The Kier molecular flexibility index (Phi) is 7.39. The Labute approximate surface area is 255 Å². The number of amides is 3. The molecule has 2 aromatic carbocycles. The van der Waals surface area contributed by atoms with Crippen LogP contribution < -0.4 is 5.32 Å². The normalized spacial score (nSPS) is 16.0. The van der Waals surface area contributed by atoms with Crippen molar-refractivity contribution in [3.63, 3.8) is 0 Å². The van der Waals surface area contributed by atoms with Crippen LogP contribution in [0.3, 0.4) is 0 Å². The van der Waals surface area contributed by atoms with E-state index >= 15 is 0 Å². The molecule has 0 radical (unpaired) electrons. The molecule has 222 valence electrons. The molecule has 7 rings (SSSR count). The lowest BCUT2D eigenvalue weighted by Gasteiger charge is -2.40. The summed E-state index contributed by atoms with van der Waals surface area (Å²) in [6, 6.07) is 19.8. The number of carbonyl (C=O) groups excluding carboxylic acids is 2. The third kappa shape index (κ3) is 5.58. The van der Waals surface area contributed by atoms with E-state index in [1.165, 1.54) is 0 Å². The molecule has 2 N–H and O–H groups in total. The van der Waals surface area contributed by atoms with Gasteiger partial charge >= 0.3 is 12.1 Å². The van der Waals surface area contributed by atoms with Crippen LogP contribution in [0.5, 0.6) is 0 Å². The number of aromatic amines is 1. The smallest absolute Gasteiger partial charge is 0.410 e. The maximum Gasteiger partial charge on any atom is 0.410 e. The van der Waals surface area contributed by atoms with E-state index in [1.807, 2.05) is 60.4 Å². The zero-order valence-electron chi connectivity index (χ0n) is 24.4. The molecule has 0 bridgehead atoms. The quantitative estimate of drug-likeness (QED) is 0.242. The van der Waals surface area contributed by atoms with Crippen molar-refractivity contribution in [3.8, 4) is 11.1 Å². The zero-order chi connectivity index (χ0) is 30.0. The van der Waals surface area contributed by atoms with Crippen molar-refractivity contribution < 1.29 is 14.3 Å². The van der Waals surface area contributed by atoms with Gasteiger partial charge in [0.15, 0.2) is 0 Å². The van der Waals surface area contributed by atoms with Gasteiger partial charge in [-0.15, -0.1) is 0 Å². The lowest BCUT2D eigenvalue weighted by atomic mass is 9.99. The van der Waals surface area contributed by atoms with Gasteiger partial charge in [-0.1, -0.05) is 24.3 Å². The monoisotopic (exact) mass is 587 g/mol. The Morgan fingerprint density at radius 2 is 1.82 bits per heavy atom. The Bertz CT molecular complexity index is 1810. The van der Waals surface area contributed by atoms with E-state index in [9.17, 15) is 9.59 Å². The second-order valence-electron chi connectivity index (χ2n) is 11.5. The molecule has 0 aliphatic carbocycles. The number of benzene rings is 2. The SMILES string of the molecule is Cc1cc(CC(OC(=O)N2CCC(N3Cc4ccccc4NC3=O)CC2)c2cc(-c3ccncc3)ccn2)cc2cn[nH]c12. The van der Waals surface area contributed by atoms with Crippen LogP contribution >= 0.6 is 0 Å². The average Bonchev–Trinajstić information content (AvgIpc) is 3.54. The van der Waals surface area contributed by atoms with Crippen molar-refractivity contribution in [2.24, 2.45) is 0 Å². The first-order chi connectivity index (χ1) is 21.5. The molecule has 0 saturated carbocycles. The number of nitrogens with one attached hydrogen (secondary N) is 2. The molecule has 10 heteroatoms. The van der Waals surface area contributed by atoms with Gasteiger partial charge in [-0.3, -0.25) is 15.1 Å². The molecule has 1 unspecified atom stereocenters. The molecule has 2 aliphatic rings. The largest absolute Gasteiger partial charge is 0.439 e. The number of fused-ring (bicyclic) bond motifs is 2. The number of para-hydroxylation sites is 1. The lowest BCUT2D eigenvalue weighted by molar-refractivity contribution is 0.0463. The van der Waals surface area contributed by atoms with Crippen molar-refractivity contribution in [3.05, 3.63) is 108 Å². The molecule has 2 aliphatic heterocycles. The fourth-order valence-electron chi connectivity index (χ4n) is 6.27. The predicted molar refractivity (Wildman–Crippen MR) is 167 cm³/mol. The Morgan fingerprint density at radius 3 is 2.66 bits per heavy atom. The summed E-state index contributed by atoms with van der Waals surface area (Å²) in [6.07, 6.45) is 7.92. The van der Waals surface area contributed by atoms with Gasteiger partial charge in [0.05, 0.1) is 17.4 Å². The van der Waals surface area contributed by atoms with Crippen LogP contribution in [-0.2, 0) is 17.7 Å². The van der Waals surface area contributed by atoms with Crippen molar-refractivity contribution in [2.45, 2.75) is 44.9 Å². The second kappa shape index (κ2) is 11.8. The Balaban J connectivity index is 1.09. The highest BCUT2D eigenvalue weighted by molar-refractivity contribution is 5.92. The number of aromatic nitrogens is 4. The number of anilines is 1. The molecule has 1 atom stereocenters. The van der Waals surface area contributed by atoms with Gasteiger partial charge in [0.25, 0.3) is 0 Å². The van der Waals surface area contributed by atoms with Gasteiger partial charge in [0.2, 0.25) is 0 Å². The molecular weight excluding hydrogens is 554 g/mol. The van der Waals surface area contributed by atoms with E-state index in [-0.39, 0.29) is 18.2 Å². The molecule has 3 aromatic heterocycles. The molecule has 5 aromatic rings. The summed E-state index contributed by atoms with van der Waals surface area (Å²) < 4.78 is 6.25. The number of nitrogens with zero attached hydrogens (tertiary/aromatic N) is 5. The van der Waals surface area contributed by atoms with Crippen molar-refractivity contribution >= 4 is 28.7 Å². The molecule has 5 heterocycles. The highest BCUT2D eigenvalue weighted by Gasteiger charge is 2.34. The van der Waals surface area contributed by atoms with E-state index in [0.29, 0.717) is 44.6 Å². The molecule has 1 saturated heterocycles. The summed E-state index contributed by atoms with van der Waals surface area (Å²) in [6.45, 7) is 3.62. The maximum absolute atomic E-state index is 13.6. The van der Waals surface area contributed by atoms with E-state index in [0.717, 1.165) is 44.4 Å². The number of carbonyl (C=O) groups is 2. The summed E-state index contributed by atoms with van der Waals surface area (Å²) in [4.78, 5) is 38.9. The van der Waals surface area contributed by atoms with Crippen LogP contribution in [0.2, 0.25) is 0 Å². The van der Waals surface area contributed by atoms with Crippen molar-refractivity contribution in [1.82, 2.24) is 30.0 Å². The van der Waals surface area contributed by atoms with Crippen LogP contribution in [0.4, 0.5) is 15.3 Å². The molecule has 0 spiro atoms. The number of piperidine rings is 1. The molecule has 1 fully saturated rings. The summed E-state index contributed by atoms with van der Waals surface area (Å²) in [5.74, 6) is 0. The van der Waals surface area contributed by atoms with Gasteiger partial charge in [0, 0.05) is 61.8 Å². The molecule has 10 nitrogen and oxygen atoms in total. The molecular formula is C34H33N7O3. The van der Waals surface area contributed by atoms with E-state index in [1.54, 1.807) is 29.7 Å². The fourth-order valence-corrected chi connectivity index (χ4v) is 6.27. The number of urea groups is 1. The van der Waals surface area contributed by atoms with Crippen LogP contribution in [0.15, 0.2) is 85.5 Å². The van der Waals surface area contributed by atoms with E-state index < -0.39 is 6.10 Å². The van der Waals surface area contributed by atoms with Crippen LogP contribution in [0.1, 0.15) is 41.3 Å². The minimum absolute atomic E-state index is 0.0478. The third-order valence-corrected chi connectivity index (χ3v) is 8.62. The number of aryl methyl sites for hydroxylation is 1. The van der Waals surface area contributed by atoms with E-state index in [4.69, 9.17) is 4.74 Å². The van der Waals surface area contributed by atoms with Crippen LogP contribution in [-0.4, -0.2) is 61.2 Å². The minimum atomic E-state index is -0.602. The first-order valence-electron chi connectivity index (χ1n) is 14.9. The summed E-state index contributed by atoms with van der Waals surface area (Å²) in [5.41, 5.74) is 7.72. The van der Waals surface area contributed by atoms with Gasteiger partial charge < -0.3 is 19.9 Å². The fraction of sp³-hybridized carbons (Fsp3) is 0.265. The van der Waals surface area contributed by atoms with Crippen molar-refractivity contribution in [2.75, 3.05) is 18.4 Å². The number of pyridine rings is 2. The Hall–Kier alpha value is -5.25. The number of hydrogen-bond acceptors (Lipinski definition) is 6. The number of hydrogen-bond donors (Lipinski definition) is 2. The van der Waals surface area contributed by atoms with Gasteiger partial charge in [-0.25, -0.2) is 9.59 Å².